The third-order valence-electron chi connectivity index (χ3n) is 2.48. The molecule has 0 spiro atoms. The molecule has 7 nitrogen and oxygen atoms in total. The standard InChI is InChI=1S/C15H33O7P/c1-4-7-17-10-13-20-23(16,21-14-11-18-8-5-2)22-15-12-19-9-6-3/h4-15H2,1-3H3. The Kier molecular flexibility index (Phi) is 16.8. The molecule has 0 N–H and O–H groups in total. The Morgan fingerprint density at radius 1 is 0.522 bits per heavy atom. The van der Waals surface area contributed by atoms with Crippen molar-refractivity contribution in [3.8, 4) is 0 Å². The van der Waals surface area contributed by atoms with Gasteiger partial charge in [-0.25, -0.2) is 4.57 Å². The lowest BCUT2D eigenvalue weighted by atomic mass is 10.5. The highest BCUT2D eigenvalue weighted by molar-refractivity contribution is 7.48. The normalized spacial score (nSPS) is 12.0. The second-order valence-electron chi connectivity index (χ2n) is 4.78. The summed E-state index contributed by atoms with van der Waals surface area (Å²) in [6.07, 6.45) is 2.77. The Hall–Kier alpha value is -0.0100. The van der Waals surface area contributed by atoms with E-state index in [-0.39, 0.29) is 19.8 Å². The van der Waals surface area contributed by atoms with Gasteiger partial charge in [0.15, 0.2) is 0 Å². The lowest BCUT2D eigenvalue weighted by Gasteiger charge is -2.18. The fourth-order valence-corrected chi connectivity index (χ4v) is 2.59. The topological polar surface area (TPSA) is 72.5 Å². The number of rotatable bonds is 18. The molecule has 0 aromatic heterocycles. The summed E-state index contributed by atoms with van der Waals surface area (Å²) in [5, 5.41) is 0. The maximum atomic E-state index is 12.5. The first kappa shape index (κ1) is 23.0. The zero-order valence-electron chi connectivity index (χ0n) is 14.8. The molecule has 0 bridgehead atoms. The molecule has 8 heteroatoms. The summed E-state index contributed by atoms with van der Waals surface area (Å²) in [5.74, 6) is 0. The molecule has 0 atom stereocenters. The first-order chi connectivity index (χ1) is 11.2. The van der Waals surface area contributed by atoms with Crippen molar-refractivity contribution >= 4 is 7.82 Å². The minimum Gasteiger partial charge on any atom is -0.379 e. The van der Waals surface area contributed by atoms with Crippen molar-refractivity contribution in [2.75, 3.05) is 59.5 Å². The lowest BCUT2D eigenvalue weighted by Crippen LogP contribution is -2.12. The van der Waals surface area contributed by atoms with Crippen LogP contribution in [0, 0.1) is 0 Å². The molecule has 0 heterocycles. The van der Waals surface area contributed by atoms with Crippen molar-refractivity contribution in [2.24, 2.45) is 0 Å². The minimum atomic E-state index is -3.61. The Labute approximate surface area is 140 Å². The van der Waals surface area contributed by atoms with E-state index in [1.165, 1.54) is 0 Å². The highest BCUT2D eigenvalue weighted by atomic mass is 31.2. The van der Waals surface area contributed by atoms with Crippen molar-refractivity contribution in [1.29, 1.82) is 0 Å². The van der Waals surface area contributed by atoms with Gasteiger partial charge >= 0.3 is 7.82 Å². The number of phosphoric acid groups is 1. The van der Waals surface area contributed by atoms with Gasteiger partial charge in [-0.1, -0.05) is 20.8 Å². The molecule has 0 amide bonds. The van der Waals surface area contributed by atoms with Crippen molar-refractivity contribution in [3.05, 3.63) is 0 Å². The smallest absolute Gasteiger partial charge is 0.379 e. The van der Waals surface area contributed by atoms with Gasteiger partial charge in [0.25, 0.3) is 0 Å². The van der Waals surface area contributed by atoms with E-state index in [1.54, 1.807) is 0 Å². The predicted molar refractivity (Wildman–Crippen MR) is 88.8 cm³/mol. The number of ether oxygens (including phenoxy) is 3. The van der Waals surface area contributed by atoms with E-state index in [4.69, 9.17) is 27.8 Å². The summed E-state index contributed by atoms with van der Waals surface area (Å²) in [7, 11) is -3.61. The fourth-order valence-electron chi connectivity index (χ4n) is 1.47. The van der Waals surface area contributed by atoms with Gasteiger partial charge in [0, 0.05) is 19.8 Å². The van der Waals surface area contributed by atoms with Crippen LogP contribution in [0.3, 0.4) is 0 Å². The first-order valence-electron chi connectivity index (χ1n) is 8.45. The molecule has 0 radical (unpaired) electrons. The minimum absolute atomic E-state index is 0.156. The van der Waals surface area contributed by atoms with Gasteiger partial charge in [-0.05, 0) is 19.3 Å². The molecular weight excluding hydrogens is 323 g/mol. The lowest BCUT2D eigenvalue weighted by molar-refractivity contribution is 0.0342. The van der Waals surface area contributed by atoms with Crippen LogP contribution in [-0.2, 0) is 32.3 Å². The van der Waals surface area contributed by atoms with Crippen LogP contribution in [-0.4, -0.2) is 59.5 Å². The van der Waals surface area contributed by atoms with E-state index < -0.39 is 7.82 Å². The fraction of sp³-hybridized carbons (Fsp3) is 1.00. The van der Waals surface area contributed by atoms with Gasteiger partial charge in [0.1, 0.15) is 0 Å². The molecule has 140 valence electrons. The number of phosphoric ester groups is 1. The third kappa shape index (κ3) is 15.3. The Morgan fingerprint density at radius 2 is 0.826 bits per heavy atom. The molecule has 0 rings (SSSR count). The molecule has 0 aromatic carbocycles. The maximum absolute atomic E-state index is 12.5. The Bertz CT molecular complexity index is 246. The molecule has 0 aliphatic carbocycles. The maximum Gasteiger partial charge on any atom is 0.475 e. The Balaban J connectivity index is 4.03. The summed E-state index contributed by atoms with van der Waals surface area (Å²) in [6.45, 7) is 9.51. The van der Waals surface area contributed by atoms with E-state index in [1.807, 2.05) is 20.8 Å². The summed E-state index contributed by atoms with van der Waals surface area (Å²) < 4.78 is 44.1. The molecule has 0 aliphatic rings. The highest BCUT2D eigenvalue weighted by Gasteiger charge is 2.26. The van der Waals surface area contributed by atoms with Crippen molar-refractivity contribution < 1.29 is 32.3 Å². The van der Waals surface area contributed by atoms with E-state index in [2.05, 4.69) is 0 Å². The van der Waals surface area contributed by atoms with Crippen LogP contribution in [0.5, 0.6) is 0 Å². The van der Waals surface area contributed by atoms with Gasteiger partial charge in [-0.15, -0.1) is 0 Å². The van der Waals surface area contributed by atoms with Gasteiger partial charge < -0.3 is 14.2 Å². The zero-order valence-corrected chi connectivity index (χ0v) is 15.7. The average molecular weight is 356 g/mol. The van der Waals surface area contributed by atoms with Crippen molar-refractivity contribution in [3.63, 3.8) is 0 Å². The largest absolute Gasteiger partial charge is 0.475 e. The molecule has 0 aromatic rings. The van der Waals surface area contributed by atoms with Crippen LogP contribution in [0.15, 0.2) is 0 Å². The van der Waals surface area contributed by atoms with Crippen LogP contribution in [0.1, 0.15) is 40.0 Å². The average Bonchev–Trinajstić information content (AvgIpc) is 2.54. The quantitative estimate of drug-likeness (QED) is 0.275. The predicted octanol–water partition coefficient (Wildman–Crippen LogP) is 3.42. The van der Waals surface area contributed by atoms with Crippen molar-refractivity contribution in [2.45, 2.75) is 40.0 Å². The monoisotopic (exact) mass is 356 g/mol. The van der Waals surface area contributed by atoms with Crippen LogP contribution >= 0.6 is 7.82 Å². The number of hydrogen-bond acceptors (Lipinski definition) is 7. The SMILES string of the molecule is CCCOCCOP(=O)(OCCOCCC)OCCOCCC. The van der Waals surface area contributed by atoms with E-state index in [0.717, 1.165) is 19.3 Å². The summed E-state index contributed by atoms with van der Waals surface area (Å²) in [6, 6.07) is 0. The zero-order chi connectivity index (χ0) is 17.2. The van der Waals surface area contributed by atoms with E-state index >= 15 is 0 Å². The molecule has 0 aliphatic heterocycles. The van der Waals surface area contributed by atoms with Gasteiger partial charge in [0.2, 0.25) is 0 Å². The Morgan fingerprint density at radius 3 is 1.09 bits per heavy atom. The van der Waals surface area contributed by atoms with Gasteiger partial charge in [-0.2, -0.15) is 0 Å². The third-order valence-corrected chi connectivity index (χ3v) is 3.97. The summed E-state index contributed by atoms with van der Waals surface area (Å²) in [4.78, 5) is 0. The second-order valence-corrected chi connectivity index (χ2v) is 6.45. The summed E-state index contributed by atoms with van der Waals surface area (Å²) in [5.41, 5.74) is 0. The van der Waals surface area contributed by atoms with Crippen LogP contribution in [0.2, 0.25) is 0 Å². The van der Waals surface area contributed by atoms with Crippen LogP contribution < -0.4 is 0 Å². The molecule has 0 fully saturated rings. The molecule has 0 saturated heterocycles. The van der Waals surface area contributed by atoms with Crippen LogP contribution in [0.4, 0.5) is 0 Å². The van der Waals surface area contributed by atoms with Crippen LogP contribution in [0.25, 0.3) is 0 Å². The number of hydrogen-bond donors (Lipinski definition) is 0. The summed E-state index contributed by atoms with van der Waals surface area (Å²) >= 11 is 0. The molecular formula is C15H33O7P. The highest BCUT2D eigenvalue weighted by Crippen LogP contribution is 2.49. The molecule has 23 heavy (non-hydrogen) atoms. The van der Waals surface area contributed by atoms with E-state index in [9.17, 15) is 4.57 Å². The first-order valence-corrected chi connectivity index (χ1v) is 9.91. The van der Waals surface area contributed by atoms with Gasteiger partial charge in [0.05, 0.1) is 39.6 Å². The van der Waals surface area contributed by atoms with Crippen molar-refractivity contribution in [1.82, 2.24) is 0 Å². The van der Waals surface area contributed by atoms with Gasteiger partial charge in [-0.3, -0.25) is 13.6 Å². The molecule has 0 saturated carbocycles. The molecule has 0 unspecified atom stereocenters. The van der Waals surface area contributed by atoms with E-state index in [0.29, 0.717) is 39.6 Å². The second kappa shape index (κ2) is 16.8.